The van der Waals surface area contributed by atoms with Crippen LogP contribution in [0.5, 0.6) is 0 Å². The van der Waals surface area contributed by atoms with Gasteiger partial charge >= 0.3 is 0 Å². The minimum Gasteiger partial charge on any atom is -0.356 e. The Labute approximate surface area is 163 Å². The van der Waals surface area contributed by atoms with E-state index >= 15 is 0 Å². The zero-order valence-electron chi connectivity index (χ0n) is 13.7. The van der Waals surface area contributed by atoms with E-state index in [0.717, 1.165) is 11.8 Å². The Balaban J connectivity index is 1.62. The number of halogens is 1. The Hall–Kier alpha value is -2.83. The normalized spacial score (nSPS) is 21.1. The summed E-state index contributed by atoms with van der Waals surface area (Å²) in [6.45, 7) is 0. The van der Waals surface area contributed by atoms with E-state index < -0.39 is 6.17 Å². The van der Waals surface area contributed by atoms with E-state index in [-0.39, 0.29) is 33.1 Å². The third-order valence-electron chi connectivity index (χ3n) is 4.73. The maximum absolute atomic E-state index is 13.0. The molecule has 1 N–H and O–H groups in total. The summed E-state index contributed by atoms with van der Waals surface area (Å²) in [7, 11) is 0. The van der Waals surface area contributed by atoms with E-state index in [1.807, 2.05) is 18.2 Å². The molecular formula is C20H11ClN2O3S. The van der Waals surface area contributed by atoms with E-state index in [9.17, 15) is 14.4 Å². The lowest BCUT2D eigenvalue weighted by Crippen LogP contribution is -2.49. The Morgan fingerprint density at radius 3 is 2.22 bits per heavy atom. The highest BCUT2D eigenvalue weighted by molar-refractivity contribution is 8.08. The van der Waals surface area contributed by atoms with Crippen molar-refractivity contribution in [1.82, 2.24) is 5.32 Å². The zero-order chi connectivity index (χ0) is 18.7. The van der Waals surface area contributed by atoms with Gasteiger partial charge in [0.15, 0.2) is 0 Å². The van der Waals surface area contributed by atoms with Gasteiger partial charge in [0.05, 0.1) is 9.81 Å². The molecule has 1 aliphatic carbocycles. The first kappa shape index (κ1) is 16.4. The van der Waals surface area contributed by atoms with Crippen molar-refractivity contribution in [1.29, 1.82) is 0 Å². The highest BCUT2D eigenvalue weighted by Crippen LogP contribution is 2.47. The number of allylic oxidation sites excluding steroid dienone is 2. The fourth-order valence-corrected chi connectivity index (χ4v) is 4.92. The largest absolute Gasteiger partial charge is 0.356 e. The van der Waals surface area contributed by atoms with Crippen molar-refractivity contribution >= 4 is 46.5 Å². The van der Waals surface area contributed by atoms with Crippen molar-refractivity contribution < 1.29 is 14.4 Å². The summed E-state index contributed by atoms with van der Waals surface area (Å²) in [6, 6.07) is 15.8. The van der Waals surface area contributed by atoms with Crippen molar-refractivity contribution in [3.8, 4) is 0 Å². The standard InChI is InChI=1S/C20H11ClN2O3S/c21-13-17-19(23(20(13)26)10-6-2-1-3-7-10)22-14-15(24)11-8-4-5-9-12(11)16(25)18(14)27-17/h1-9,19,22H. The van der Waals surface area contributed by atoms with Crippen LogP contribution in [-0.4, -0.2) is 23.6 Å². The topological polar surface area (TPSA) is 66.5 Å². The highest BCUT2D eigenvalue weighted by Gasteiger charge is 2.47. The van der Waals surface area contributed by atoms with Gasteiger partial charge in [-0.15, -0.1) is 0 Å². The average Bonchev–Trinajstić information content (AvgIpc) is 2.96. The Morgan fingerprint density at radius 2 is 1.52 bits per heavy atom. The fourth-order valence-electron chi connectivity index (χ4n) is 3.48. The number of nitrogens with one attached hydrogen (secondary N) is 1. The summed E-state index contributed by atoms with van der Waals surface area (Å²) < 4.78 is 0. The zero-order valence-corrected chi connectivity index (χ0v) is 15.3. The van der Waals surface area contributed by atoms with Gasteiger partial charge in [0, 0.05) is 16.8 Å². The van der Waals surface area contributed by atoms with Crippen LogP contribution in [0.1, 0.15) is 20.7 Å². The summed E-state index contributed by atoms with van der Waals surface area (Å²) in [5.74, 6) is -0.853. The molecule has 27 heavy (non-hydrogen) atoms. The smallest absolute Gasteiger partial charge is 0.272 e. The molecule has 2 heterocycles. The Morgan fingerprint density at radius 1 is 0.889 bits per heavy atom. The molecule has 2 aromatic carbocycles. The fraction of sp³-hybridized carbons (Fsp3) is 0.0500. The second kappa shape index (κ2) is 5.84. The number of carbonyl (C=O) groups is 3. The number of anilines is 1. The van der Waals surface area contributed by atoms with Crippen molar-refractivity contribution in [2.45, 2.75) is 6.17 Å². The summed E-state index contributed by atoms with van der Waals surface area (Å²) in [6.07, 6.45) is -0.613. The van der Waals surface area contributed by atoms with Crippen LogP contribution in [0.25, 0.3) is 0 Å². The molecule has 7 heteroatoms. The molecule has 5 rings (SSSR count). The number of thioether (sulfide) groups is 1. The minimum atomic E-state index is -0.613. The molecule has 0 saturated carbocycles. The molecule has 1 amide bonds. The number of Topliss-reactive ketones (excluding diaryl/α,β-unsaturated/α-hetero) is 2. The number of nitrogens with zero attached hydrogens (tertiary/aromatic N) is 1. The average molecular weight is 395 g/mol. The van der Waals surface area contributed by atoms with Gasteiger partial charge < -0.3 is 5.32 Å². The molecule has 2 aliphatic heterocycles. The third-order valence-corrected chi connectivity index (χ3v) is 6.45. The second-order valence-electron chi connectivity index (χ2n) is 6.25. The third kappa shape index (κ3) is 2.23. The maximum Gasteiger partial charge on any atom is 0.272 e. The predicted molar refractivity (Wildman–Crippen MR) is 103 cm³/mol. The molecule has 1 unspecified atom stereocenters. The summed E-state index contributed by atoms with van der Waals surface area (Å²) in [5, 5.41) is 3.16. The number of amides is 1. The molecule has 2 aromatic rings. The number of para-hydroxylation sites is 1. The van der Waals surface area contributed by atoms with Crippen LogP contribution in [0, 0.1) is 0 Å². The van der Waals surface area contributed by atoms with E-state index in [2.05, 4.69) is 5.32 Å². The quantitative estimate of drug-likeness (QED) is 0.802. The molecule has 0 spiro atoms. The van der Waals surface area contributed by atoms with Gasteiger partial charge in [-0.05, 0) is 12.1 Å². The molecular weight excluding hydrogens is 384 g/mol. The Bertz CT molecular complexity index is 1110. The molecule has 1 atom stereocenters. The van der Waals surface area contributed by atoms with Gasteiger partial charge in [-0.3, -0.25) is 19.3 Å². The molecule has 5 nitrogen and oxygen atoms in total. The molecule has 0 saturated heterocycles. The van der Waals surface area contributed by atoms with Crippen LogP contribution < -0.4 is 10.2 Å². The van der Waals surface area contributed by atoms with Gasteiger partial charge in [-0.2, -0.15) is 0 Å². The maximum atomic E-state index is 13.0. The van der Waals surface area contributed by atoms with E-state index in [1.54, 1.807) is 36.4 Å². The van der Waals surface area contributed by atoms with Gasteiger partial charge in [0.1, 0.15) is 16.9 Å². The lowest BCUT2D eigenvalue weighted by Gasteiger charge is -2.34. The first-order chi connectivity index (χ1) is 13.1. The highest BCUT2D eigenvalue weighted by atomic mass is 35.5. The van der Waals surface area contributed by atoms with Gasteiger partial charge in [-0.1, -0.05) is 65.8 Å². The van der Waals surface area contributed by atoms with Crippen molar-refractivity contribution in [2.24, 2.45) is 0 Å². The number of hydrogen-bond donors (Lipinski definition) is 1. The number of rotatable bonds is 1. The van der Waals surface area contributed by atoms with Crippen LogP contribution in [0.15, 0.2) is 75.1 Å². The molecule has 0 fully saturated rings. The van der Waals surface area contributed by atoms with E-state index in [0.29, 0.717) is 21.7 Å². The second-order valence-corrected chi connectivity index (χ2v) is 7.68. The van der Waals surface area contributed by atoms with E-state index in [1.165, 1.54) is 4.90 Å². The number of hydrogen-bond acceptors (Lipinski definition) is 5. The van der Waals surface area contributed by atoms with Crippen LogP contribution in [-0.2, 0) is 4.79 Å². The number of benzene rings is 2. The molecule has 0 radical (unpaired) electrons. The lowest BCUT2D eigenvalue weighted by molar-refractivity contribution is -0.114. The summed E-state index contributed by atoms with van der Waals surface area (Å²) in [5.41, 5.74) is 1.61. The predicted octanol–water partition coefficient (Wildman–Crippen LogP) is 3.44. The number of fused-ring (bicyclic) bond motifs is 2. The molecule has 132 valence electrons. The van der Waals surface area contributed by atoms with Crippen LogP contribution in [0.3, 0.4) is 0 Å². The van der Waals surface area contributed by atoms with Crippen molar-refractivity contribution in [3.63, 3.8) is 0 Å². The molecule has 0 bridgehead atoms. The van der Waals surface area contributed by atoms with Crippen molar-refractivity contribution in [3.05, 3.63) is 86.3 Å². The first-order valence-corrected chi connectivity index (χ1v) is 9.42. The summed E-state index contributed by atoms with van der Waals surface area (Å²) >= 11 is 7.41. The van der Waals surface area contributed by atoms with Crippen LogP contribution in [0.4, 0.5) is 5.69 Å². The van der Waals surface area contributed by atoms with Gasteiger partial charge in [-0.25, -0.2) is 0 Å². The van der Waals surface area contributed by atoms with E-state index in [4.69, 9.17) is 11.6 Å². The van der Waals surface area contributed by atoms with Gasteiger partial charge in [0.2, 0.25) is 11.6 Å². The SMILES string of the molecule is O=C1C2=C(SC3=C(Cl)C(=O)N(c4ccccc4)C3N2)C(=O)c2ccccc21. The lowest BCUT2D eigenvalue weighted by atomic mass is 9.92. The minimum absolute atomic E-state index is 0.0620. The Kier molecular flexibility index (Phi) is 3.54. The van der Waals surface area contributed by atoms with Gasteiger partial charge in [0.25, 0.3) is 5.91 Å². The van der Waals surface area contributed by atoms with Crippen molar-refractivity contribution in [2.75, 3.05) is 4.90 Å². The number of ketones is 2. The first-order valence-electron chi connectivity index (χ1n) is 8.23. The van der Waals surface area contributed by atoms with Crippen LogP contribution in [0.2, 0.25) is 0 Å². The monoisotopic (exact) mass is 394 g/mol. The summed E-state index contributed by atoms with van der Waals surface area (Å²) in [4.78, 5) is 40.9. The number of carbonyl (C=O) groups excluding carboxylic acids is 3. The molecule has 0 aromatic heterocycles. The molecule has 3 aliphatic rings. The van der Waals surface area contributed by atoms with Crippen LogP contribution >= 0.6 is 23.4 Å².